The van der Waals surface area contributed by atoms with Gasteiger partial charge in [0, 0.05) is 17.1 Å². The third-order valence-corrected chi connectivity index (χ3v) is 5.25. The minimum Gasteiger partial charge on any atom is -0.392 e. The van der Waals surface area contributed by atoms with E-state index in [0.29, 0.717) is 5.92 Å². The number of fused-ring (bicyclic) bond motifs is 1. The lowest BCUT2D eigenvalue weighted by atomic mass is 9.78. The highest BCUT2D eigenvalue weighted by molar-refractivity contribution is 9.11. The van der Waals surface area contributed by atoms with E-state index in [1.807, 2.05) is 11.8 Å². The van der Waals surface area contributed by atoms with Gasteiger partial charge in [-0.1, -0.05) is 41.9 Å². The summed E-state index contributed by atoms with van der Waals surface area (Å²) in [5, 5.41) is 10.2. The maximum Gasteiger partial charge on any atom is 0.0676 e. The molecule has 2 aliphatic rings. The van der Waals surface area contributed by atoms with Crippen LogP contribution >= 0.6 is 27.7 Å². The SMILES string of the molecule is CC1(C)CSC2=CC=C(Br)CC2C1O. The second-order valence-electron chi connectivity index (χ2n) is 4.72. The van der Waals surface area contributed by atoms with E-state index in [1.165, 1.54) is 9.39 Å². The fourth-order valence-electron chi connectivity index (χ4n) is 2.00. The van der Waals surface area contributed by atoms with E-state index in [0.717, 1.165) is 12.2 Å². The lowest BCUT2D eigenvalue weighted by molar-refractivity contribution is 0.0261. The van der Waals surface area contributed by atoms with Crippen LogP contribution in [0.3, 0.4) is 0 Å². The monoisotopic (exact) mass is 274 g/mol. The van der Waals surface area contributed by atoms with Crippen molar-refractivity contribution in [3.8, 4) is 0 Å². The number of halogens is 1. The highest BCUT2D eigenvalue weighted by Gasteiger charge is 2.41. The molecule has 1 fully saturated rings. The predicted octanol–water partition coefficient (Wildman–Crippen LogP) is 3.30. The lowest BCUT2D eigenvalue weighted by Crippen LogP contribution is -2.42. The molecule has 1 aliphatic heterocycles. The first-order valence-corrected chi connectivity index (χ1v) is 6.66. The van der Waals surface area contributed by atoms with Crippen molar-refractivity contribution < 1.29 is 5.11 Å². The summed E-state index contributed by atoms with van der Waals surface area (Å²) < 4.78 is 1.20. The number of hydrogen-bond acceptors (Lipinski definition) is 2. The van der Waals surface area contributed by atoms with Crippen molar-refractivity contribution in [2.24, 2.45) is 11.3 Å². The molecule has 0 aromatic rings. The first-order chi connectivity index (χ1) is 6.50. The van der Waals surface area contributed by atoms with Gasteiger partial charge in [0.05, 0.1) is 6.10 Å². The number of hydrogen-bond donors (Lipinski definition) is 1. The molecular formula is C11H15BrOS. The van der Waals surface area contributed by atoms with Gasteiger partial charge in [-0.2, -0.15) is 0 Å². The minimum absolute atomic E-state index is 0.0390. The van der Waals surface area contributed by atoms with Gasteiger partial charge in [-0.3, -0.25) is 0 Å². The number of aliphatic hydroxyl groups is 1. The Balaban J connectivity index is 2.25. The lowest BCUT2D eigenvalue weighted by Gasteiger charge is -2.42. The molecule has 1 nitrogen and oxygen atoms in total. The van der Waals surface area contributed by atoms with Gasteiger partial charge < -0.3 is 5.11 Å². The second-order valence-corrected chi connectivity index (χ2v) is 6.78. The molecule has 0 aromatic carbocycles. The summed E-state index contributed by atoms with van der Waals surface area (Å²) in [6.07, 6.45) is 4.98. The summed E-state index contributed by atoms with van der Waals surface area (Å²) >= 11 is 5.41. The van der Waals surface area contributed by atoms with Crippen molar-refractivity contribution in [3.63, 3.8) is 0 Å². The van der Waals surface area contributed by atoms with Crippen LogP contribution < -0.4 is 0 Å². The molecule has 78 valence electrons. The first-order valence-electron chi connectivity index (χ1n) is 4.88. The summed E-state index contributed by atoms with van der Waals surface area (Å²) in [7, 11) is 0. The van der Waals surface area contributed by atoms with Crippen molar-refractivity contribution in [1.29, 1.82) is 0 Å². The van der Waals surface area contributed by atoms with Crippen molar-refractivity contribution in [2.45, 2.75) is 26.4 Å². The third kappa shape index (κ3) is 1.82. The maximum absolute atomic E-state index is 10.2. The van der Waals surface area contributed by atoms with Crippen molar-refractivity contribution in [3.05, 3.63) is 21.5 Å². The van der Waals surface area contributed by atoms with Crippen LogP contribution in [0.25, 0.3) is 0 Å². The standard InChI is InChI=1S/C11H15BrOS/c1-11(2)6-14-9-4-3-7(12)5-8(9)10(11)13/h3-4,8,10,13H,5-6H2,1-2H3. The van der Waals surface area contributed by atoms with Crippen LogP contribution in [0.15, 0.2) is 21.5 Å². The highest BCUT2D eigenvalue weighted by atomic mass is 79.9. The number of allylic oxidation sites excluding steroid dienone is 3. The molecule has 0 spiro atoms. The predicted molar refractivity (Wildman–Crippen MR) is 65.4 cm³/mol. The topological polar surface area (TPSA) is 20.2 Å². The Morgan fingerprint density at radius 1 is 1.50 bits per heavy atom. The van der Waals surface area contributed by atoms with Crippen molar-refractivity contribution in [2.75, 3.05) is 5.75 Å². The van der Waals surface area contributed by atoms with E-state index < -0.39 is 0 Å². The minimum atomic E-state index is -0.212. The Labute approximate surface area is 97.8 Å². The van der Waals surface area contributed by atoms with Gasteiger partial charge in [-0.15, -0.1) is 11.8 Å². The average molecular weight is 275 g/mol. The third-order valence-electron chi connectivity index (χ3n) is 3.00. The molecule has 0 amide bonds. The van der Waals surface area contributed by atoms with Gasteiger partial charge in [0.25, 0.3) is 0 Å². The molecule has 1 heterocycles. The quantitative estimate of drug-likeness (QED) is 0.732. The summed E-state index contributed by atoms with van der Waals surface area (Å²) in [5.74, 6) is 1.32. The van der Waals surface area contributed by atoms with Crippen LogP contribution in [0.2, 0.25) is 0 Å². The van der Waals surface area contributed by atoms with Gasteiger partial charge in [0.15, 0.2) is 0 Å². The fraction of sp³-hybridized carbons (Fsp3) is 0.636. The van der Waals surface area contributed by atoms with Gasteiger partial charge >= 0.3 is 0 Å². The van der Waals surface area contributed by atoms with E-state index in [4.69, 9.17) is 0 Å². The van der Waals surface area contributed by atoms with E-state index >= 15 is 0 Å². The van der Waals surface area contributed by atoms with E-state index in [2.05, 4.69) is 41.9 Å². The Morgan fingerprint density at radius 2 is 2.21 bits per heavy atom. The van der Waals surface area contributed by atoms with Crippen LogP contribution in [0.4, 0.5) is 0 Å². The van der Waals surface area contributed by atoms with Crippen molar-refractivity contribution >= 4 is 27.7 Å². The molecule has 0 aromatic heterocycles. The molecule has 2 atom stereocenters. The molecule has 2 rings (SSSR count). The Hall–Kier alpha value is 0.270. The van der Waals surface area contributed by atoms with Crippen molar-refractivity contribution in [1.82, 2.24) is 0 Å². The van der Waals surface area contributed by atoms with Crippen LogP contribution in [0.5, 0.6) is 0 Å². The molecule has 3 heteroatoms. The molecule has 1 N–H and O–H groups in total. The molecule has 1 saturated heterocycles. The van der Waals surface area contributed by atoms with E-state index in [9.17, 15) is 5.11 Å². The number of rotatable bonds is 0. The maximum atomic E-state index is 10.2. The fourth-order valence-corrected chi connectivity index (χ4v) is 3.78. The summed E-state index contributed by atoms with van der Waals surface area (Å²) in [5.41, 5.74) is 0.0390. The number of aliphatic hydroxyl groups excluding tert-OH is 1. The zero-order valence-corrected chi connectivity index (χ0v) is 10.9. The second kappa shape index (κ2) is 3.69. The van der Waals surface area contributed by atoms with Gasteiger partial charge in [-0.05, 0) is 15.8 Å². The van der Waals surface area contributed by atoms with Crippen LogP contribution in [-0.2, 0) is 0 Å². The van der Waals surface area contributed by atoms with Gasteiger partial charge in [0.2, 0.25) is 0 Å². The molecular weight excluding hydrogens is 260 g/mol. The summed E-state index contributed by atoms with van der Waals surface area (Å²) in [4.78, 5) is 1.35. The summed E-state index contributed by atoms with van der Waals surface area (Å²) in [6, 6.07) is 0. The molecule has 14 heavy (non-hydrogen) atoms. The van der Waals surface area contributed by atoms with Crippen LogP contribution in [0.1, 0.15) is 20.3 Å². The van der Waals surface area contributed by atoms with E-state index in [1.54, 1.807) is 0 Å². The number of thioether (sulfide) groups is 1. The molecule has 0 saturated carbocycles. The highest BCUT2D eigenvalue weighted by Crippen LogP contribution is 2.48. The molecule has 0 radical (unpaired) electrons. The largest absolute Gasteiger partial charge is 0.392 e. The smallest absolute Gasteiger partial charge is 0.0676 e. The van der Waals surface area contributed by atoms with Gasteiger partial charge in [-0.25, -0.2) is 0 Å². The molecule has 0 bridgehead atoms. The Bertz CT molecular complexity index is 306. The van der Waals surface area contributed by atoms with E-state index in [-0.39, 0.29) is 11.5 Å². The summed E-state index contributed by atoms with van der Waals surface area (Å²) in [6.45, 7) is 4.29. The van der Waals surface area contributed by atoms with Crippen LogP contribution in [-0.4, -0.2) is 17.0 Å². The molecule has 1 aliphatic carbocycles. The zero-order chi connectivity index (χ0) is 10.3. The zero-order valence-electron chi connectivity index (χ0n) is 8.46. The van der Waals surface area contributed by atoms with Gasteiger partial charge in [0.1, 0.15) is 0 Å². The van der Waals surface area contributed by atoms with Crippen LogP contribution in [0, 0.1) is 11.3 Å². The normalized spacial score (nSPS) is 35.7. The molecule has 2 unspecified atom stereocenters. The average Bonchev–Trinajstić information content (AvgIpc) is 2.13. The first kappa shape index (κ1) is 10.8. The Kier molecular flexibility index (Phi) is 2.84. The Morgan fingerprint density at radius 3 is 2.93 bits per heavy atom.